The van der Waals surface area contributed by atoms with Crippen LogP contribution in [0, 0.1) is 6.92 Å². The van der Waals surface area contributed by atoms with Crippen LogP contribution >= 0.6 is 12.4 Å². The molecule has 0 aromatic carbocycles. The number of nitrogens with two attached hydrogens (primary N) is 1. The number of nitrogens with one attached hydrogen (secondary N) is 1. The first-order valence-corrected chi connectivity index (χ1v) is 4.48. The number of nitrogens with zero attached hydrogens (tertiary/aromatic N) is 2. The van der Waals surface area contributed by atoms with Crippen LogP contribution in [0.5, 0.6) is 0 Å². The van der Waals surface area contributed by atoms with E-state index in [2.05, 4.69) is 15.5 Å². The van der Waals surface area contributed by atoms with Gasteiger partial charge in [0.05, 0.1) is 0 Å². The van der Waals surface area contributed by atoms with Crippen LogP contribution in [0.1, 0.15) is 18.1 Å². The number of carbonyl (C=O) groups excluding carboxylic acids is 1. The molecule has 1 rings (SSSR count). The van der Waals surface area contributed by atoms with E-state index in [0.717, 1.165) is 0 Å². The summed E-state index contributed by atoms with van der Waals surface area (Å²) in [4.78, 5) is 15.0. The fraction of sp³-hybridized carbons (Fsp3) is 0.625. The highest BCUT2D eigenvalue weighted by Crippen LogP contribution is 1.95. The summed E-state index contributed by atoms with van der Waals surface area (Å²) >= 11 is 0. The minimum absolute atomic E-state index is 0. The van der Waals surface area contributed by atoms with Gasteiger partial charge in [-0.15, -0.1) is 12.4 Å². The number of aryl methyl sites for hydroxylation is 1. The largest absolute Gasteiger partial charge is 0.356 e. The van der Waals surface area contributed by atoms with E-state index >= 15 is 0 Å². The Hall–Kier alpha value is -1.14. The number of hydrogen-bond acceptors (Lipinski definition) is 5. The van der Waals surface area contributed by atoms with E-state index in [4.69, 9.17) is 10.3 Å². The van der Waals surface area contributed by atoms with Gasteiger partial charge < -0.3 is 15.6 Å². The van der Waals surface area contributed by atoms with Crippen molar-refractivity contribution in [3.05, 3.63) is 11.7 Å². The van der Waals surface area contributed by atoms with Crippen LogP contribution in [0.25, 0.3) is 0 Å². The van der Waals surface area contributed by atoms with Crippen molar-refractivity contribution in [3.63, 3.8) is 0 Å². The summed E-state index contributed by atoms with van der Waals surface area (Å²) < 4.78 is 4.87. The molecule has 15 heavy (non-hydrogen) atoms. The molecule has 0 atom stereocenters. The van der Waals surface area contributed by atoms with Gasteiger partial charge >= 0.3 is 0 Å². The second kappa shape index (κ2) is 7.19. The van der Waals surface area contributed by atoms with Crippen molar-refractivity contribution in [2.24, 2.45) is 5.73 Å². The second-order valence-corrected chi connectivity index (χ2v) is 2.87. The predicted molar refractivity (Wildman–Crippen MR) is 56.7 cm³/mol. The summed E-state index contributed by atoms with van der Waals surface area (Å²) in [6.07, 6.45) is 0.903. The van der Waals surface area contributed by atoms with Crippen molar-refractivity contribution in [3.8, 4) is 0 Å². The minimum atomic E-state index is -0.0521. The predicted octanol–water partition coefficient (Wildman–Crippen LogP) is -0.193. The molecule has 0 aliphatic heterocycles. The summed E-state index contributed by atoms with van der Waals surface area (Å²) in [6.45, 7) is 2.62. The van der Waals surface area contributed by atoms with Gasteiger partial charge in [0, 0.05) is 25.9 Å². The number of hydrogen-bond donors (Lipinski definition) is 2. The molecule has 0 bridgehead atoms. The third kappa shape index (κ3) is 5.34. The molecule has 86 valence electrons. The fourth-order valence-corrected chi connectivity index (χ4v) is 0.970. The maximum atomic E-state index is 11.0. The van der Waals surface area contributed by atoms with Gasteiger partial charge in [-0.3, -0.25) is 4.79 Å². The Labute approximate surface area is 94.0 Å². The van der Waals surface area contributed by atoms with E-state index in [-0.39, 0.29) is 18.3 Å². The van der Waals surface area contributed by atoms with E-state index in [1.807, 2.05) is 0 Å². The Morgan fingerprint density at radius 2 is 2.33 bits per heavy atom. The zero-order valence-corrected chi connectivity index (χ0v) is 9.34. The number of rotatable bonds is 5. The Bertz CT molecular complexity index is 303. The molecule has 1 heterocycles. The Balaban J connectivity index is 0.00000196. The number of amides is 1. The lowest BCUT2D eigenvalue weighted by Crippen LogP contribution is -2.27. The molecule has 0 saturated heterocycles. The fourth-order valence-electron chi connectivity index (χ4n) is 0.970. The Morgan fingerprint density at radius 3 is 2.87 bits per heavy atom. The third-order valence-corrected chi connectivity index (χ3v) is 1.60. The Morgan fingerprint density at radius 1 is 1.60 bits per heavy atom. The molecule has 0 saturated carbocycles. The van der Waals surface area contributed by atoms with Gasteiger partial charge in [0.1, 0.15) is 0 Å². The van der Waals surface area contributed by atoms with Crippen LogP contribution in [0.3, 0.4) is 0 Å². The van der Waals surface area contributed by atoms with Gasteiger partial charge in [-0.25, -0.2) is 0 Å². The van der Waals surface area contributed by atoms with Crippen LogP contribution in [-0.4, -0.2) is 29.1 Å². The molecule has 7 heteroatoms. The highest BCUT2D eigenvalue weighted by molar-refractivity contribution is 5.85. The molecule has 0 aliphatic rings. The van der Waals surface area contributed by atoms with E-state index in [9.17, 15) is 4.79 Å². The van der Waals surface area contributed by atoms with E-state index in [0.29, 0.717) is 37.6 Å². The van der Waals surface area contributed by atoms with E-state index in [1.165, 1.54) is 0 Å². The SMILES string of the molecule is Cc1noc(CCNC(=O)CCN)n1.Cl. The van der Waals surface area contributed by atoms with Gasteiger partial charge in [0.25, 0.3) is 0 Å². The standard InChI is InChI=1S/C8H14N4O2.ClH/c1-6-11-8(14-12-6)3-5-10-7(13)2-4-9;/h2-5,9H2,1H3,(H,10,13);1H. The van der Waals surface area contributed by atoms with Crippen molar-refractivity contribution in [2.75, 3.05) is 13.1 Å². The average Bonchev–Trinajstić information content (AvgIpc) is 2.52. The lowest BCUT2D eigenvalue weighted by molar-refractivity contribution is -0.120. The molecule has 0 radical (unpaired) electrons. The van der Waals surface area contributed by atoms with Crippen molar-refractivity contribution in [2.45, 2.75) is 19.8 Å². The van der Waals surface area contributed by atoms with Crippen LogP contribution in [0.4, 0.5) is 0 Å². The number of carbonyl (C=O) groups is 1. The van der Waals surface area contributed by atoms with Crippen LogP contribution in [0.2, 0.25) is 0 Å². The van der Waals surface area contributed by atoms with Crippen molar-refractivity contribution >= 4 is 18.3 Å². The van der Waals surface area contributed by atoms with E-state index < -0.39 is 0 Å². The minimum Gasteiger partial charge on any atom is -0.356 e. The van der Waals surface area contributed by atoms with Gasteiger partial charge in [-0.2, -0.15) is 4.98 Å². The molecule has 1 aromatic heterocycles. The summed E-state index contributed by atoms with van der Waals surface area (Å²) in [5, 5.41) is 6.33. The van der Waals surface area contributed by atoms with Gasteiger partial charge in [-0.05, 0) is 6.92 Å². The zero-order chi connectivity index (χ0) is 10.4. The molecule has 3 N–H and O–H groups in total. The molecule has 0 fully saturated rings. The third-order valence-electron chi connectivity index (χ3n) is 1.60. The lowest BCUT2D eigenvalue weighted by Gasteiger charge is -2.00. The topological polar surface area (TPSA) is 94.0 Å². The first kappa shape index (κ1) is 13.9. The summed E-state index contributed by atoms with van der Waals surface area (Å²) in [7, 11) is 0. The van der Waals surface area contributed by atoms with Crippen LogP contribution in [0.15, 0.2) is 4.52 Å². The Kier molecular flexibility index (Phi) is 6.64. The zero-order valence-electron chi connectivity index (χ0n) is 8.52. The number of halogens is 1. The highest BCUT2D eigenvalue weighted by Gasteiger charge is 2.03. The lowest BCUT2D eigenvalue weighted by atomic mass is 10.3. The molecule has 0 unspecified atom stereocenters. The first-order valence-electron chi connectivity index (χ1n) is 4.48. The van der Waals surface area contributed by atoms with Crippen molar-refractivity contribution in [1.82, 2.24) is 15.5 Å². The van der Waals surface area contributed by atoms with Crippen LogP contribution in [-0.2, 0) is 11.2 Å². The highest BCUT2D eigenvalue weighted by atomic mass is 35.5. The molecule has 0 spiro atoms. The summed E-state index contributed by atoms with van der Waals surface area (Å²) in [6, 6.07) is 0. The monoisotopic (exact) mass is 234 g/mol. The molecular formula is C8H15ClN4O2. The quantitative estimate of drug-likeness (QED) is 0.736. The molecule has 6 nitrogen and oxygen atoms in total. The first-order chi connectivity index (χ1) is 6.72. The second-order valence-electron chi connectivity index (χ2n) is 2.87. The average molecular weight is 235 g/mol. The van der Waals surface area contributed by atoms with Crippen LogP contribution < -0.4 is 11.1 Å². The maximum Gasteiger partial charge on any atom is 0.228 e. The molecular weight excluding hydrogens is 220 g/mol. The summed E-state index contributed by atoms with van der Waals surface area (Å²) in [5.74, 6) is 1.09. The maximum absolute atomic E-state index is 11.0. The normalized spacial score (nSPS) is 9.47. The summed E-state index contributed by atoms with van der Waals surface area (Å²) in [5.41, 5.74) is 5.21. The molecule has 0 aliphatic carbocycles. The number of aromatic nitrogens is 2. The van der Waals surface area contributed by atoms with Gasteiger partial charge in [0.15, 0.2) is 5.82 Å². The van der Waals surface area contributed by atoms with Crippen molar-refractivity contribution < 1.29 is 9.32 Å². The smallest absolute Gasteiger partial charge is 0.228 e. The van der Waals surface area contributed by atoms with Gasteiger partial charge in [0.2, 0.25) is 11.8 Å². The molecule has 1 amide bonds. The molecule has 1 aromatic rings. The van der Waals surface area contributed by atoms with Gasteiger partial charge in [-0.1, -0.05) is 5.16 Å². The van der Waals surface area contributed by atoms with E-state index in [1.54, 1.807) is 6.92 Å². The van der Waals surface area contributed by atoms with Crippen molar-refractivity contribution in [1.29, 1.82) is 0 Å².